The van der Waals surface area contributed by atoms with Crippen molar-refractivity contribution in [2.24, 2.45) is 5.41 Å². The van der Waals surface area contributed by atoms with Crippen molar-refractivity contribution >= 4 is 5.97 Å². The zero-order chi connectivity index (χ0) is 20.0. The molecular formula is C11H11F11O2. The predicted molar refractivity (Wildman–Crippen MR) is 56.0 cm³/mol. The van der Waals surface area contributed by atoms with E-state index in [1.165, 1.54) is 0 Å². The molecule has 13 heteroatoms. The largest absolute Gasteiger partial charge is 0.458 e. The third-order valence-corrected chi connectivity index (χ3v) is 3.28. The molecule has 0 spiro atoms. The summed E-state index contributed by atoms with van der Waals surface area (Å²) >= 11 is 0. The monoisotopic (exact) mass is 384 g/mol. The van der Waals surface area contributed by atoms with E-state index in [0.717, 1.165) is 20.8 Å². The van der Waals surface area contributed by atoms with Gasteiger partial charge in [-0.2, -0.15) is 48.3 Å². The van der Waals surface area contributed by atoms with Crippen LogP contribution in [0.5, 0.6) is 0 Å². The van der Waals surface area contributed by atoms with Crippen molar-refractivity contribution in [3.63, 3.8) is 0 Å². The van der Waals surface area contributed by atoms with Crippen LogP contribution < -0.4 is 0 Å². The fraction of sp³-hybridized carbons (Fsp3) is 0.909. The highest BCUT2D eigenvalue weighted by atomic mass is 19.4. The first kappa shape index (κ1) is 22.7. The molecule has 0 unspecified atom stereocenters. The van der Waals surface area contributed by atoms with E-state index in [2.05, 4.69) is 4.74 Å². The highest BCUT2D eigenvalue weighted by Crippen LogP contribution is 2.59. The SMILES string of the molecule is CCC(C)(C)C(=O)OC(C(F)(F)F)(C(F)(F)F)C(F)(F)C(F)(F)F. The lowest BCUT2D eigenvalue weighted by Crippen LogP contribution is -2.74. The second-order valence-electron chi connectivity index (χ2n) is 5.38. The van der Waals surface area contributed by atoms with E-state index >= 15 is 0 Å². The first-order valence-electron chi connectivity index (χ1n) is 6.00. The number of ether oxygens (including phenoxy) is 1. The van der Waals surface area contributed by atoms with Crippen LogP contribution in [0.4, 0.5) is 48.3 Å². The summed E-state index contributed by atoms with van der Waals surface area (Å²) in [5.41, 5.74) is -9.25. The lowest BCUT2D eigenvalue weighted by molar-refractivity contribution is -0.464. The Hall–Kier alpha value is -1.30. The molecule has 0 saturated heterocycles. The Kier molecular flexibility index (Phi) is 5.58. The van der Waals surface area contributed by atoms with Gasteiger partial charge < -0.3 is 4.74 Å². The van der Waals surface area contributed by atoms with Gasteiger partial charge in [-0.25, -0.2) is 0 Å². The van der Waals surface area contributed by atoms with Gasteiger partial charge in [-0.1, -0.05) is 6.92 Å². The molecule has 0 aliphatic carbocycles. The van der Waals surface area contributed by atoms with E-state index in [9.17, 15) is 53.1 Å². The summed E-state index contributed by atoms with van der Waals surface area (Å²) in [6, 6.07) is 0. The maximum absolute atomic E-state index is 13.3. The molecule has 0 bridgehead atoms. The molecule has 0 aliphatic rings. The van der Waals surface area contributed by atoms with Crippen LogP contribution in [0.3, 0.4) is 0 Å². The second kappa shape index (κ2) is 5.90. The van der Waals surface area contributed by atoms with Crippen LogP contribution in [0, 0.1) is 5.41 Å². The molecule has 0 rings (SSSR count). The second-order valence-corrected chi connectivity index (χ2v) is 5.38. The minimum absolute atomic E-state index is 0.491. The fourth-order valence-corrected chi connectivity index (χ4v) is 1.32. The molecule has 0 radical (unpaired) electrons. The molecule has 0 N–H and O–H groups in total. The third kappa shape index (κ3) is 3.39. The van der Waals surface area contributed by atoms with Crippen LogP contribution >= 0.6 is 0 Å². The Balaban J connectivity index is 6.68. The molecule has 0 atom stereocenters. The highest BCUT2D eigenvalue weighted by molar-refractivity contribution is 5.76. The molecule has 0 aliphatic heterocycles. The number of hydrogen-bond donors (Lipinski definition) is 0. The van der Waals surface area contributed by atoms with E-state index in [4.69, 9.17) is 0 Å². The first-order valence-corrected chi connectivity index (χ1v) is 6.00. The average molecular weight is 384 g/mol. The maximum Gasteiger partial charge on any atom is 0.458 e. The van der Waals surface area contributed by atoms with Crippen molar-refractivity contribution in [2.45, 2.75) is 57.2 Å². The summed E-state index contributed by atoms with van der Waals surface area (Å²) in [4.78, 5) is 11.5. The van der Waals surface area contributed by atoms with Crippen molar-refractivity contribution in [3.05, 3.63) is 0 Å². The number of hydrogen-bond acceptors (Lipinski definition) is 2. The Morgan fingerprint density at radius 2 is 1.08 bits per heavy atom. The van der Waals surface area contributed by atoms with Gasteiger partial charge in [0.15, 0.2) is 0 Å². The zero-order valence-electron chi connectivity index (χ0n) is 12.2. The average Bonchev–Trinajstić information content (AvgIpc) is 2.30. The summed E-state index contributed by atoms with van der Waals surface area (Å²) in [7, 11) is 0. The molecule has 0 aromatic carbocycles. The molecule has 24 heavy (non-hydrogen) atoms. The molecule has 0 fully saturated rings. The minimum Gasteiger partial charge on any atom is -0.434 e. The van der Waals surface area contributed by atoms with Gasteiger partial charge in [-0.15, -0.1) is 0 Å². The molecule has 2 nitrogen and oxygen atoms in total. The van der Waals surface area contributed by atoms with Crippen molar-refractivity contribution in [1.82, 2.24) is 0 Å². The molecule has 0 aromatic heterocycles. The Morgan fingerprint density at radius 1 is 0.750 bits per heavy atom. The Labute approximate surface area is 127 Å². The highest BCUT2D eigenvalue weighted by Gasteiger charge is 2.92. The third-order valence-electron chi connectivity index (χ3n) is 3.28. The van der Waals surface area contributed by atoms with Gasteiger partial charge in [0, 0.05) is 0 Å². The lowest BCUT2D eigenvalue weighted by atomic mass is 9.88. The number of carbonyl (C=O) groups excluding carboxylic acids is 1. The standard InChI is InChI=1S/C11H11F11O2/c1-4-6(2,3)5(23)24-7(9(14,15)16,10(17,18)19)8(12,13)11(20,21)22/h4H2,1-3H3. The number of halogens is 11. The molecule has 144 valence electrons. The molecule has 0 heterocycles. The first-order chi connectivity index (χ1) is 10.2. The molecule has 0 amide bonds. The summed E-state index contributed by atoms with van der Waals surface area (Å²) in [6.45, 7) is 2.52. The van der Waals surface area contributed by atoms with Gasteiger partial charge in [-0.05, 0) is 20.3 Å². The molecular weight excluding hydrogens is 373 g/mol. The van der Waals surface area contributed by atoms with E-state index in [0.29, 0.717) is 0 Å². The number of rotatable bonds is 4. The number of alkyl halides is 11. The smallest absolute Gasteiger partial charge is 0.434 e. The molecule has 0 saturated carbocycles. The van der Waals surface area contributed by atoms with Crippen molar-refractivity contribution in [2.75, 3.05) is 0 Å². The van der Waals surface area contributed by atoms with Gasteiger partial charge >= 0.3 is 36.0 Å². The van der Waals surface area contributed by atoms with Crippen LogP contribution in [0.2, 0.25) is 0 Å². The fourth-order valence-electron chi connectivity index (χ4n) is 1.32. The number of esters is 1. The molecule has 0 aromatic rings. The van der Waals surface area contributed by atoms with Crippen molar-refractivity contribution in [1.29, 1.82) is 0 Å². The van der Waals surface area contributed by atoms with Gasteiger partial charge in [0.2, 0.25) is 0 Å². The van der Waals surface area contributed by atoms with Gasteiger partial charge in [0.1, 0.15) is 0 Å². The van der Waals surface area contributed by atoms with E-state index < -0.39 is 47.9 Å². The lowest BCUT2D eigenvalue weighted by Gasteiger charge is -2.42. The van der Waals surface area contributed by atoms with Crippen LogP contribution in [-0.4, -0.2) is 36.0 Å². The summed E-state index contributed by atoms with van der Waals surface area (Å²) in [5.74, 6) is -9.99. The topological polar surface area (TPSA) is 26.3 Å². The summed E-state index contributed by atoms with van der Waals surface area (Å²) in [6.07, 6.45) is -22.4. The van der Waals surface area contributed by atoms with Gasteiger partial charge in [0.25, 0.3) is 0 Å². The van der Waals surface area contributed by atoms with E-state index in [1.807, 2.05) is 0 Å². The predicted octanol–water partition coefficient (Wildman–Crippen LogP) is 5.03. The Morgan fingerprint density at radius 3 is 1.29 bits per heavy atom. The van der Waals surface area contributed by atoms with E-state index in [1.54, 1.807) is 0 Å². The normalized spacial score (nSPS) is 15.4. The van der Waals surface area contributed by atoms with Gasteiger partial charge in [-0.3, -0.25) is 4.79 Å². The van der Waals surface area contributed by atoms with Crippen LogP contribution in [0.15, 0.2) is 0 Å². The summed E-state index contributed by atoms with van der Waals surface area (Å²) < 4.78 is 143. The number of carbonyl (C=O) groups is 1. The quantitative estimate of drug-likeness (QED) is 0.502. The van der Waals surface area contributed by atoms with Crippen molar-refractivity contribution < 1.29 is 57.8 Å². The maximum atomic E-state index is 13.3. The zero-order valence-corrected chi connectivity index (χ0v) is 12.2. The van der Waals surface area contributed by atoms with Gasteiger partial charge in [0.05, 0.1) is 5.41 Å². The van der Waals surface area contributed by atoms with Crippen LogP contribution in [-0.2, 0) is 9.53 Å². The van der Waals surface area contributed by atoms with E-state index in [-0.39, 0.29) is 0 Å². The summed E-state index contributed by atoms with van der Waals surface area (Å²) in [5, 5.41) is 0. The van der Waals surface area contributed by atoms with Crippen LogP contribution in [0.25, 0.3) is 0 Å². The van der Waals surface area contributed by atoms with Crippen LogP contribution in [0.1, 0.15) is 27.2 Å². The van der Waals surface area contributed by atoms with Crippen molar-refractivity contribution in [3.8, 4) is 0 Å². The Bertz CT molecular complexity index is 456. The minimum atomic E-state index is -7.48.